The van der Waals surface area contributed by atoms with E-state index in [0.29, 0.717) is 30.7 Å². The third kappa shape index (κ3) is 5.44. The lowest BCUT2D eigenvalue weighted by atomic mass is 10.1. The fourth-order valence-electron chi connectivity index (χ4n) is 1.71. The maximum absolute atomic E-state index is 12.1. The first-order valence-electron chi connectivity index (χ1n) is 7.04. The lowest BCUT2D eigenvalue weighted by Crippen LogP contribution is -2.47. The molecule has 1 aromatic carbocycles. The SMILES string of the molecule is CCC(O)CCNC(=O)C(C)(C)Oc1ccc(C#N)cc1. The topological polar surface area (TPSA) is 82.3 Å². The van der Waals surface area contributed by atoms with Crippen LogP contribution in [-0.4, -0.2) is 29.3 Å². The molecule has 0 spiro atoms. The molecule has 1 amide bonds. The molecule has 0 bridgehead atoms. The van der Waals surface area contributed by atoms with Gasteiger partial charge in [0, 0.05) is 6.54 Å². The second-order valence-electron chi connectivity index (χ2n) is 5.36. The largest absolute Gasteiger partial charge is 0.478 e. The molecule has 114 valence electrons. The number of carbonyl (C=O) groups excluding carboxylic acids is 1. The predicted molar refractivity (Wildman–Crippen MR) is 79.8 cm³/mol. The molecule has 0 aromatic heterocycles. The summed E-state index contributed by atoms with van der Waals surface area (Å²) in [4.78, 5) is 12.1. The first-order chi connectivity index (χ1) is 9.89. The van der Waals surface area contributed by atoms with E-state index in [9.17, 15) is 9.90 Å². The number of aliphatic hydroxyl groups excluding tert-OH is 1. The van der Waals surface area contributed by atoms with Gasteiger partial charge in [0.2, 0.25) is 0 Å². The summed E-state index contributed by atoms with van der Waals surface area (Å²) in [5, 5.41) is 20.9. The number of nitriles is 1. The summed E-state index contributed by atoms with van der Waals surface area (Å²) in [5.41, 5.74) is -0.483. The zero-order valence-corrected chi connectivity index (χ0v) is 12.7. The molecule has 2 N–H and O–H groups in total. The maximum atomic E-state index is 12.1. The van der Waals surface area contributed by atoms with Crippen LogP contribution in [0.25, 0.3) is 0 Å². The second kappa shape index (κ2) is 7.65. The molecule has 1 atom stereocenters. The van der Waals surface area contributed by atoms with Crippen molar-refractivity contribution in [3.8, 4) is 11.8 Å². The Bertz CT molecular complexity index is 503. The molecular weight excluding hydrogens is 268 g/mol. The molecule has 5 nitrogen and oxygen atoms in total. The van der Waals surface area contributed by atoms with Crippen molar-refractivity contribution in [3.05, 3.63) is 29.8 Å². The minimum atomic E-state index is -1.02. The minimum Gasteiger partial charge on any atom is -0.478 e. The number of amides is 1. The van der Waals surface area contributed by atoms with Gasteiger partial charge >= 0.3 is 0 Å². The number of nitrogens with one attached hydrogen (secondary N) is 1. The molecule has 0 fully saturated rings. The fourth-order valence-corrected chi connectivity index (χ4v) is 1.71. The van der Waals surface area contributed by atoms with E-state index in [2.05, 4.69) is 5.32 Å². The molecule has 0 heterocycles. The Kier molecular flexibility index (Phi) is 6.19. The highest BCUT2D eigenvalue weighted by atomic mass is 16.5. The smallest absolute Gasteiger partial charge is 0.263 e. The molecule has 0 aliphatic rings. The molecule has 1 rings (SSSR count). The standard InChI is InChI=1S/C16H22N2O3/c1-4-13(19)9-10-18-15(20)16(2,3)21-14-7-5-12(11-17)6-8-14/h5-8,13,19H,4,9-10H2,1-3H3,(H,18,20). The lowest BCUT2D eigenvalue weighted by molar-refractivity contribution is -0.134. The number of benzene rings is 1. The van der Waals surface area contributed by atoms with Crippen molar-refractivity contribution in [3.63, 3.8) is 0 Å². The number of nitrogens with zero attached hydrogens (tertiary/aromatic N) is 1. The summed E-state index contributed by atoms with van der Waals surface area (Å²) in [7, 11) is 0. The number of hydrogen-bond donors (Lipinski definition) is 2. The van der Waals surface area contributed by atoms with Gasteiger partial charge in [-0.3, -0.25) is 4.79 Å². The van der Waals surface area contributed by atoms with Crippen LogP contribution in [0.5, 0.6) is 5.75 Å². The highest BCUT2D eigenvalue weighted by molar-refractivity contribution is 5.84. The molecule has 1 unspecified atom stereocenters. The Labute approximate surface area is 125 Å². The van der Waals surface area contributed by atoms with Gasteiger partial charge in [-0.05, 0) is 51.0 Å². The molecule has 21 heavy (non-hydrogen) atoms. The molecule has 0 radical (unpaired) electrons. The molecule has 0 saturated carbocycles. The Morgan fingerprint density at radius 2 is 2.05 bits per heavy atom. The number of rotatable bonds is 7. The Morgan fingerprint density at radius 1 is 1.43 bits per heavy atom. The molecule has 0 aliphatic heterocycles. The number of ether oxygens (including phenoxy) is 1. The van der Waals surface area contributed by atoms with Gasteiger partial charge in [-0.25, -0.2) is 0 Å². The highest BCUT2D eigenvalue weighted by Crippen LogP contribution is 2.19. The van der Waals surface area contributed by atoms with E-state index in [4.69, 9.17) is 10.00 Å². The van der Waals surface area contributed by atoms with Crippen molar-refractivity contribution in [2.24, 2.45) is 0 Å². The molecule has 1 aromatic rings. The third-order valence-corrected chi connectivity index (χ3v) is 3.14. The quantitative estimate of drug-likeness (QED) is 0.804. The summed E-state index contributed by atoms with van der Waals surface area (Å²) in [6.45, 7) is 5.66. The van der Waals surface area contributed by atoms with E-state index in [-0.39, 0.29) is 5.91 Å². The predicted octanol–water partition coefficient (Wildman–Crippen LogP) is 1.99. The molecular formula is C16H22N2O3. The third-order valence-electron chi connectivity index (χ3n) is 3.14. The van der Waals surface area contributed by atoms with Crippen LogP contribution < -0.4 is 10.1 Å². The number of carbonyl (C=O) groups is 1. The summed E-state index contributed by atoms with van der Waals surface area (Å²) in [6.07, 6.45) is 0.795. The van der Waals surface area contributed by atoms with Gasteiger partial charge in [0.1, 0.15) is 5.75 Å². The van der Waals surface area contributed by atoms with Crippen LogP contribution in [0.1, 0.15) is 39.2 Å². The van der Waals surface area contributed by atoms with Crippen LogP contribution in [0.3, 0.4) is 0 Å². The highest BCUT2D eigenvalue weighted by Gasteiger charge is 2.29. The molecule has 0 saturated heterocycles. The monoisotopic (exact) mass is 290 g/mol. The number of aliphatic hydroxyl groups is 1. The van der Waals surface area contributed by atoms with Crippen LogP contribution in [0.2, 0.25) is 0 Å². The maximum Gasteiger partial charge on any atom is 0.263 e. The van der Waals surface area contributed by atoms with Gasteiger partial charge in [-0.1, -0.05) is 6.92 Å². The normalized spacial score (nSPS) is 12.3. The number of hydrogen-bond acceptors (Lipinski definition) is 4. The van der Waals surface area contributed by atoms with Crippen LogP contribution in [0.4, 0.5) is 0 Å². The Morgan fingerprint density at radius 3 is 2.57 bits per heavy atom. The van der Waals surface area contributed by atoms with E-state index in [1.807, 2.05) is 13.0 Å². The zero-order valence-electron chi connectivity index (χ0n) is 12.7. The summed E-state index contributed by atoms with van der Waals surface area (Å²) in [6, 6.07) is 8.63. The Balaban J connectivity index is 2.54. The van der Waals surface area contributed by atoms with Crippen molar-refractivity contribution in [1.29, 1.82) is 5.26 Å². The van der Waals surface area contributed by atoms with Crippen molar-refractivity contribution in [2.45, 2.75) is 45.3 Å². The van der Waals surface area contributed by atoms with Gasteiger partial charge < -0.3 is 15.2 Å². The summed E-state index contributed by atoms with van der Waals surface area (Å²) < 4.78 is 5.66. The van der Waals surface area contributed by atoms with Crippen LogP contribution >= 0.6 is 0 Å². The average Bonchev–Trinajstić information content (AvgIpc) is 2.47. The van der Waals surface area contributed by atoms with Crippen LogP contribution in [0, 0.1) is 11.3 Å². The first-order valence-corrected chi connectivity index (χ1v) is 7.04. The van der Waals surface area contributed by atoms with Gasteiger partial charge in [0.05, 0.1) is 17.7 Å². The molecule has 0 aliphatic carbocycles. The van der Waals surface area contributed by atoms with E-state index in [1.165, 1.54) is 0 Å². The molecule has 5 heteroatoms. The van der Waals surface area contributed by atoms with Crippen molar-refractivity contribution in [1.82, 2.24) is 5.32 Å². The fraction of sp³-hybridized carbons (Fsp3) is 0.500. The van der Waals surface area contributed by atoms with E-state index in [0.717, 1.165) is 0 Å². The Hall–Kier alpha value is -2.06. The van der Waals surface area contributed by atoms with E-state index < -0.39 is 11.7 Å². The lowest BCUT2D eigenvalue weighted by Gasteiger charge is -2.25. The van der Waals surface area contributed by atoms with Gasteiger partial charge in [-0.2, -0.15) is 5.26 Å². The zero-order chi connectivity index (χ0) is 15.9. The van der Waals surface area contributed by atoms with Gasteiger partial charge in [0.15, 0.2) is 5.60 Å². The second-order valence-corrected chi connectivity index (χ2v) is 5.36. The van der Waals surface area contributed by atoms with Crippen LogP contribution in [0.15, 0.2) is 24.3 Å². The van der Waals surface area contributed by atoms with Crippen LogP contribution in [-0.2, 0) is 4.79 Å². The van der Waals surface area contributed by atoms with Crippen molar-refractivity contribution >= 4 is 5.91 Å². The van der Waals surface area contributed by atoms with Crippen molar-refractivity contribution in [2.75, 3.05) is 6.54 Å². The summed E-state index contributed by atoms with van der Waals surface area (Å²) in [5.74, 6) is 0.290. The first kappa shape index (κ1) is 17.0. The van der Waals surface area contributed by atoms with Gasteiger partial charge in [-0.15, -0.1) is 0 Å². The van der Waals surface area contributed by atoms with E-state index in [1.54, 1.807) is 38.1 Å². The van der Waals surface area contributed by atoms with E-state index >= 15 is 0 Å². The average molecular weight is 290 g/mol. The summed E-state index contributed by atoms with van der Waals surface area (Å²) >= 11 is 0. The van der Waals surface area contributed by atoms with Gasteiger partial charge in [0.25, 0.3) is 5.91 Å². The van der Waals surface area contributed by atoms with Crippen molar-refractivity contribution < 1.29 is 14.6 Å². The minimum absolute atomic E-state index is 0.241.